The highest BCUT2D eigenvalue weighted by atomic mass is 16.3. The Morgan fingerprint density at radius 2 is 1.79 bits per heavy atom. The van der Waals surface area contributed by atoms with Gasteiger partial charge in [-0.05, 0) is 19.1 Å². The molecule has 0 spiro atoms. The van der Waals surface area contributed by atoms with Crippen molar-refractivity contribution in [2.75, 3.05) is 27.2 Å². The number of benzene rings is 1. The topological polar surface area (TPSA) is 60.9 Å². The quantitative estimate of drug-likeness (QED) is 0.847. The van der Waals surface area contributed by atoms with Gasteiger partial charge in [0.2, 0.25) is 5.91 Å². The van der Waals surface area contributed by atoms with Gasteiger partial charge in [0.05, 0.1) is 19.2 Å². The van der Waals surface area contributed by atoms with Crippen molar-refractivity contribution in [2.24, 2.45) is 0 Å². The zero-order valence-electron chi connectivity index (χ0n) is 11.5. The second-order valence-electron chi connectivity index (χ2n) is 4.56. The molecule has 0 aliphatic carbocycles. The third-order valence-corrected chi connectivity index (χ3v) is 3.06. The fourth-order valence-corrected chi connectivity index (χ4v) is 1.56. The second-order valence-corrected chi connectivity index (χ2v) is 4.56. The number of aliphatic hydroxyl groups excluding tert-OH is 1. The van der Waals surface area contributed by atoms with Gasteiger partial charge in [-0.3, -0.25) is 9.59 Å². The Balaban J connectivity index is 2.62. The Kier molecular flexibility index (Phi) is 5.51. The number of likely N-dealkylation sites (N-methyl/N-ethyl adjacent to an activating group) is 2. The van der Waals surface area contributed by atoms with Crippen LogP contribution in [-0.2, 0) is 4.79 Å². The molecule has 0 bridgehead atoms. The smallest absolute Gasteiger partial charge is 0.254 e. The lowest BCUT2D eigenvalue weighted by Gasteiger charge is -2.26. The highest BCUT2D eigenvalue weighted by Gasteiger charge is 2.19. The van der Waals surface area contributed by atoms with Gasteiger partial charge in [-0.15, -0.1) is 0 Å². The Morgan fingerprint density at radius 1 is 1.21 bits per heavy atom. The molecule has 0 aliphatic heterocycles. The SMILES string of the molecule is CC(CO)N(C)C(=O)CN(C)C(=O)c1ccccc1. The van der Waals surface area contributed by atoms with Crippen LogP contribution in [0.1, 0.15) is 17.3 Å². The minimum atomic E-state index is -0.257. The van der Waals surface area contributed by atoms with Crippen LogP contribution in [0.2, 0.25) is 0 Å². The lowest BCUT2D eigenvalue weighted by Crippen LogP contribution is -2.44. The lowest BCUT2D eigenvalue weighted by molar-refractivity contribution is -0.132. The first kappa shape index (κ1) is 15.2. The zero-order chi connectivity index (χ0) is 14.4. The van der Waals surface area contributed by atoms with Crippen LogP contribution >= 0.6 is 0 Å². The van der Waals surface area contributed by atoms with E-state index in [0.29, 0.717) is 5.56 Å². The number of amides is 2. The Labute approximate surface area is 113 Å². The second kappa shape index (κ2) is 6.89. The lowest BCUT2D eigenvalue weighted by atomic mass is 10.2. The van der Waals surface area contributed by atoms with E-state index in [-0.39, 0.29) is 31.0 Å². The molecule has 0 aromatic heterocycles. The minimum absolute atomic E-state index is 0.00539. The van der Waals surface area contributed by atoms with Crippen molar-refractivity contribution in [1.29, 1.82) is 0 Å². The summed E-state index contributed by atoms with van der Waals surface area (Å²) in [5, 5.41) is 9.00. The number of hydrogen-bond donors (Lipinski definition) is 1. The molecule has 5 nitrogen and oxygen atoms in total. The van der Waals surface area contributed by atoms with Gasteiger partial charge in [-0.25, -0.2) is 0 Å². The molecule has 1 aromatic rings. The number of rotatable bonds is 5. The maximum atomic E-state index is 12.0. The highest BCUT2D eigenvalue weighted by Crippen LogP contribution is 2.04. The molecular formula is C14H20N2O3. The Bertz CT molecular complexity index is 434. The average Bonchev–Trinajstić information content (AvgIpc) is 2.45. The van der Waals surface area contributed by atoms with Crippen molar-refractivity contribution >= 4 is 11.8 Å². The van der Waals surface area contributed by atoms with Crippen LogP contribution in [-0.4, -0.2) is 60.0 Å². The fraction of sp³-hybridized carbons (Fsp3) is 0.429. The Morgan fingerprint density at radius 3 is 2.32 bits per heavy atom. The van der Waals surface area contributed by atoms with Crippen LogP contribution in [0.15, 0.2) is 30.3 Å². The Hall–Kier alpha value is -1.88. The minimum Gasteiger partial charge on any atom is -0.394 e. The van der Waals surface area contributed by atoms with Crippen molar-refractivity contribution < 1.29 is 14.7 Å². The van der Waals surface area contributed by atoms with Gasteiger partial charge in [-0.2, -0.15) is 0 Å². The van der Waals surface area contributed by atoms with Crippen LogP contribution in [0, 0.1) is 0 Å². The van der Waals surface area contributed by atoms with Crippen molar-refractivity contribution in [2.45, 2.75) is 13.0 Å². The van der Waals surface area contributed by atoms with E-state index < -0.39 is 0 Å². The van der Waals surface area contributed by atoms with E-state index in [1.807, 2.05) is 6.07 Å². The van der Waals surface area contributed by atoms with Crippen molar-refractivity contribution in [3.05, 3.63) is 35.9 Å². The molecule has 19 heavy (non-hydrogen) atoms. The average molecular weight is 264 g/mol. The van der Waals surface area contributed by atoms with Gasteiger partial charge in [-0.1, -0.05) is 18.2 Å². The van der Waals surface area contributed by atoms with E-state index in [0.717, 1.165) is 0 Å². The molecule has 2 amide bonds. The molecule has 1 N–H and O–H groups in total. The molecule has 0 aliphatic rings. The summed E-state index contributed by atoms with van der Waals surface area (Å²) in [7, 11) is 3.20. The molecule has 1 unspecified atom stereocenters. The van der Waals surface area contributed by atoms with E-state index in [2.05, 4.69) is 0 Å². The van der Waals surface area contributed by atoms with Crippen molar-refractivity contribution in [3.8, 4) is 0 Å². The third-order valence-electron chi connectivity index (χ3n) is 3.06. The largest absolute Gasteiger partial charge is 0.394 e. The standard InChI is InChI=1S/C14H20N2O3/c1-11(10-17)16(3)13(18)9-15(2)14(19)12-7-5-4-6-8-12/h4-8,11,17H,9-10H2,1-3H3. The van der Waals surface area contributed by atoms with E-state index >= 15 is 0 Å². The summed E-state index contributed by atoms with van der Waals surface area (Å²) in [5.41, 5.74) is 0.552. The van der Waals surface area contributed by atoms with Gasteiger partial charge >= 0.3 is 0 Å². The highest BCUT2D eigenvalue weighted by molar-refractivity contribution is 5.96. The number of aliphatic hydroxyl groups is 1. The zero-order valence-corrected chi connectivity index (χ0v) is 11.5. The summed E-state index contributed by atoms with van der Waals surface area (Å²) in [6.45, 7) is 1.64. The number of carbonyl (C=O) groups excluding carboxylic acids is 2. The molecule has 1 atom stereocenters. The van der Waals surface area contributed by atoms with Gasteiger partial charge in [0, 0.05) is 19.7 Å². The van der Waals surface area contributed by atoms with E-state index in [4.69, 9.17) is 5.11 Å². The first-order chi connectivity index (χ1) is 8.97. The van der Waals surface area contributed by atoms with Gasteiger partial charge in [0.1, 0.15) is 0 Å². The molecule has 0 fully saturated rings. The molecule has 0 saturated heterocycles. The summed E-state index contributed by atoms with van der Waals surface area (Å²) >= 11 is 0. The predicted molar refractivity (Wildman–Crippen MR) is 72.7 cm³/mol. The normalized spacial score (nSPS) is 11.8. The monoisotopic (exact) mass is 264 g/mol. The van der Waals surface area contributed by atoms with Gasteiger partial charge < -0.3 is 14.9 Å². The summed E-state index contributed by atoms with van der Waals surface area (Å²) in [5.74, 6) is -0.396. The number of hydrogen-bond acceptors (Lipinski definition) is 3. The molecule has 5 heteroatoms. The molecule has 104 valence electrons. The van der Waals surface area contributed by atoms with Crippen molar-refractivity contribution in [3.63, 3.8) is 0 Å². The predicted octanol–water partition coefficient (Wildman–Crippen LogP) is 0.598. The van der Waals surface area contributed by atoms with E-state index in [9.17, 15) is 9.59 Å². The summed E-state index contributed by atoms with van der Waals surface area (Å²) < 4.78 is 0. The summed E-state index contributed by atoms with van der Waals surface area (Å²) in [6.07, 6.45) is 0. The van der Waals surface area contributed by atoms with Gasteiger partial charge in [0.25, 0.3) is 5.91 Å². The van der Waals surface area contributed by atoms with Crippen LogP contribution < -0.4 is 0 Å². The molecule has 0 heterocycles. The molecule has 1 rings (SSSR count). The van der Waals surface area contributed by atoms with Crippen molar-refractivity contribution in [1.82, 2.24) is 9.80 Å². The fourth-order valence-electron chi connectivity index (χ4n) is 1.56. The first-order valence-electron chi connectivity index (χ1n) is 6.14. The third kappa shape index (κ3) is 4.06. The van der Waals surface area contributed by atoms with E-state index in [1.54, 1.807) is 45.3 Å². The van der Waals surface area contributed by atoms with Crippen LogP contribution in [0.3, 0.4) is 0 Å². The maximum Gasteiger partial charge on any atom is 0.254 e. The summed E-state index contributed by atoms with van der Waals surface area (Å²) in [6, 6.07) is 8.56. The van der Waals surface area contributed by atoms with Crippen LogP contribution in [0.5, 0.6) is 0 Å². The molecule has 0 saturated carbocycles. The van der Waals surface area contributed by atoms with Crippen LogP contribution in [0.25, 0.3) is 0 Å². The molecule has 1 aromatic carbocycles. The first-order valence-corrected chi connectivity index (χ1v) is 6.14. The van der Waals surface area contributed by atoms with Crippen LogP contribution in [0.4, 0.5) is 0 Å². The van der Waals surface area contributed by atoms with Gasteiger partial charge in [0.15, 0.2) is 0 Å². The summed E-state index contributed by atoms with van der Waals surface area (Å²) in [4.78, 5) is 26.8. The number of carbonyl (C=O) groups is 2. The molecule has 0 radical (unpaired) electrons. The number of nitrogens with zero attached hydrogens (tertiary/aromatic N) is 2. The van der Waals surface area contributed by atoms with E-state index in [1.165, 1.54) is 9.80 Å². The maximum absolute atomic E-state index is 12.0. The molecular weight excluding hydrogens is 244 g/mol.